The third-order valence-corrected chi connectivity index (χ3v) is 18.7. The van der Waals surface area contributed by atoms with Crippen molar-refractivity contribution in [3.05, 3.63) is 21.2 Å². The van der Waals surface area contributed by atoms with Gasteiger partial charge in [0.2, 0.25) is 0 Å². The van der Waals surface area contributed by atoms with Gasteiger partial charge in [-0.1, -0.05) is 73.9 Å². The molecule has 4 heterocycles. The van der Waals surface area contributed by atoms with Crippen LogP contribution < -0.4 is 0 Å². The van der Waals surface area contributed by atoms with Crippen LogP contribution in [0.2, 0.25) is 33.4 Å². The fourth-order valence-electron chi connectivity index (χ4n) is 5.39. The molecule has 4 rings (SSSR count). The van der Waals surface area contributed by atoms with Gasteiger partial charge in [0.05, 0.1) is 12.0 Å². The van der Waals surface area contributed by atoms with Crippen molar-refractivity contribution in [1.82, 2.24) is 14.5 Å². The number of rotatable bonds is 3. The normalized spacial score (nSPS) is 27.5. The van der Waals surface area contributed by atoms with E-state index in [-0.39, 0.29) is 33.4 Å². The molecule has 0 aliphatic carbocycles. The summed E-state index contributed by atoms with van der Waals surface area (Å²) in [6, 6.07) is 0. The third-order valence-electron chi connectivity index (χ3n) is 8.04. The number of ether oxygens (including phenoxy) is 1. The molecule has 4 atom stereocenters. The van der Waals surface area contributed by atoms with Crippen LogP contribution in [0.15, 0.2) is 12.5 Å². The maximum atomic E-state index is 7.21. The van der Waals surface area contributed by atoms with E-state index in [0.717, 1.165) is 14.6 Å². The summed E-state index contributed by atoms with van der Waals surface area (Å²) >= 11 is 8.76. The summed E-state index contributed by atoms with van der Waals surface area (Å²) < 4.78 is 30.9. The Kier molecular flexibility index (Phi) is 7.42. The SMILES string of the molecule is CC(C)(C)[Si](C)(C)O[C@@H]1[C@@H]2O[Si](C(C)(C)C)(C(C)(C)C)OC[C@H]2O[C@H]1n1cc(I)c2c(Cl)ncnc21. The van der Waals surface area contributed by atoms with E-state index in [1.54, 1.807) is 0 Å². The first-order valence-corrected chi connectivity index (χ1v) is 18.8. The van der Waals surface area contributed by atoms with Crippen LogP contribution in [0.4, 0.5) is 0 Å². The average molecular weight is 666 g/mol. The van der Waals surface area contributed by atoms with Gasteiger partial charge in [-0.2, -0.15) is 0 Å². The van der Waals surface area contributed by atoms with Gasteiger partial charge in [-0.15, -0.1) is 0 Å². The van der Waals surface area contributed by atoms with Crippen LogP contribution in [0, 0.1) is 3.57 Å². The highest BCUT2D eigenvalue weighted by atomic mass is 127. The second-order valence-corrected chi connectivity index (χ2v) is 24.7. The van der Waals surface area contributed by atoms with E-state index in [4.69, 9.17) is 29.6 Å². The van der Waals surface area contributed by atoms with Crippen LogP contribution in [-0.4, -0.2) is 56.3 Å². The first kappa shape index (κ1) is 28.9. The van der Waals surface area contributed by atoms with Gasteiger partial charge in [-0.25, -0.2) is 9.97 Å². The zero-order chi connectivity index (χ0) is 27.1. The Morgan fingerprint density at radius 2 is 1.69 bits per heavy atom. The summed E-state index contributed by atoms with van der Waals surface area (Å²) in [4.78, 5) is 8.78. The van der Waals surface area contributed by atoms with E-state index >= 15 is 0 Å². The standard InChI is InChI=1S/C25H41ClIN3O4Si2/c1-23(2,3)35(10,11)33-19-18-16(13-31-36(34-18,24(4,5)6)25(7,8)9)32-22(19)30-12-15(27)17-20(26)28-14-29-21(17)30/h12,14,16,18-19,22H,13H2,1-11H3/t16-,18-,19-,22-/m1/s1. The predicted octanol–water partition coefficient (Wildman–Crippen LogP) is 7.43. The fourth-order valence-corrected chi connectivity index (χ4v) is 12.8. The lowest BCUT2D eigenvalue weighted by molar-refractivity contribution is -0.0794. The molecule has 2 fully saturated rings. The van der Waals surface area contributed by atoms with E-state index in [1.165, 1.54) is 6.33 Å². The molecule has 11 heteroatoms. The molecule has 0 bridgehead atoms. The molecule has 0 amide bonds. The topological polar surface area (TPSA) is 67.6 Å². The number of fused-ring (bicyclic) bond motifs is 2. The molecule has 0 unspecified atom stereocenters. The minimum Gasteiger partial charge on any atom is -0.407 e. The molecule has 2 aliphatic heterocycles. The first-order valence-electron chi connectivity index (χ1n) is 12.6. The van der Waals surface area contributed by atoms with Crippen molar-refractivity contribution in [2.24, 2.45) is 0 Å². The molecular formula is C25H41ClIN3O4Si2. The lowest BCUT2D eigenvalue weighted by Crippen LogP contribution is -2.66. The highest BCUT2D eigenvalue weighted by Crippen LogP contribution is 2.56. The number of halogens is 2. The maximum Gasteiger partial charge on any atom is 0.349 e. The van der Waals surface area contributed by atoms with Gasteiger partial charge in [0, 0.05) is 19.8 Å². The molecular weight excluding hydrogens is 625 g/mol. The third kappa shape index (κ3) is 4.65. The van der Waals surface area contributed by atoms with Crippen molar-refractivity contribution >= 4 is 62.1 Å². The zero-order valence-electron chi connectivity index (χ0n) is 23.4. The molecule has 2 saturated heterocycles. The van der Waals surface area contributed by atoms with Crippen LogP contribution in [-0.2, 0) is 18.0 Å². The molecule has 0 saturated carbocycles. The molecule has 0 aromatic carbocycles. The second-order valence-electron chi connectivity index (χ2n) is 13.7. The van der Waals surface area contributed by atoms with Crippen LogP contribution in [0.1, 0.15) is 68.5 Å². The van der Waals surface area contributed by atoms with Crippen molar-refractivity contribution < 1.29 is 18.0 Å². The van der Waals surface area contributed by atoms with Gasteiger partial charge in [0.15, 0.2) is 14.5 Å². The highest BCUT2D eigenvalue weighted by molar-refractivity contribution is 14.1. The lowest BCUT2D eigenvalue weighted by atomic mass is 10.1. The summed E-state index contributed by atoms with van der Waals surface area (Å²) in [5, 5.41) is 1.03. The minimum absolute atomic E-state index is 0.0298. The van der Waals surface area contributed by atoms with Gasteiger partial charge in [-0.05, 0) is 40.7 Å². The molecule has 2 aliphatic rings. The van der Waals surface area contributed by atoms with Gasteiger partial charge in [0.1, 0.15) is 35.4 Å². The van der Waals surface area contributed by atoms with Crippen molar-refractivity contribution in [1.29, 1.82) is 0 Å². The van der Waals surface area contributed by atoms with E-state index < -0.39 is 23.1 Å². The molecule has 0 N–H and O–H groups in total. The summed E-state index contributed by atoms with van der Waals surface area (Å²) in [5.74, 6) is 0. The fraction of sp³-hybridized carbons (Fsp3) is 0.760. The van der Waals surface area contributed by atoms with Crippen molar-refractivity contribution in [3.8, 4) is 0 Å². The molecule has 202 valence electrons. The Bertz CT molecular complexity index is 1130. The van der Waals surface area contributed by atoms with Crippen molar-refractivity contribution in [2.75, 3.05) is 6.61 Å². The number of hydrogen-bond donors (Lipinski definition) is 0. The number of aromatic nitrogens is 3. The van der Waals surface area contributed by atoms with Crippen LogP contribution in [0.25, 0.3) is 11.0 Å². The first-order chi connectivity index (χ1) is 16.3. The average Bonchev–Trinajstić information content (AvgIpc) is 3.23. The lowest BCUT2D eigenvalue weighted by Gasteiger charge is -2.54. The second kappa shape index (κ2) is 9.24. The van der Waals surface area contributed by atoms with Gasteiger partial charge < -0.3 is 22.6 Å². The van der Waals surface area contributed by atoms with Crippen LogP contribution >= 0.6 is 34.2 Å². The quantitative estimate of drug-likeness (QED) is 0.193. The van der Waals surface area contributed by atoms with Crippen LogP contribution in [0.5, 0.6) is 0 Å². The van der Waals surface area contributed by atoms with E-state index in [9.17, 15) is 0 Å². The zero-order valence-corrected chi connectivity index (χ0v) is 28.3. The predicted molar refractivity (Wildman–Crippen MR) is 157 cm³/mol. The van der Waals surface area contributed by atoms with Gasteiger partial charge in [-0.3, -0.25) is 0 Å². The summed E-state index contributed by atoms with van der Waals surface area (Å²) in [6.45, 7) is 25.3. The molecule has 2 aromatic rings. The van der Waals surface area contributed by atoms with Gasteiger partial charge in [0.25, 0.3) is 0 Å². The Hall–Kier alpha value is -0.0862. The van der Waals surface area contributed by atoms with E-state index in [2.05, 4.69) is 113 Å². The Balaban J connectivity index is 1.84. The Morgan fingerprint density at radius 3 is 2.25 bits per heavy atom. The van der Waals surface area contributed by atoms with Gasteiger partial charge >= 0.3 is 8.56 Å². The monoisotopic (exact) mass is 665 g/mol. The minimum atomic E-state index is -2.72. The molecule has 0 spiro atoms. The van der Waals surface area contributed by atoms with Crippen LogP contribution in [0.3, 0.4) is 0 Å². The summed E-state index contributed by atoms with van der Waals surface area (Å²) in [6.07, 6.45) is 2.34. The molecule has 36 heavy (non-hydrogen) atoms. The highest BCUT2D eigenvalue weighted by Gasteiger charge is 2.65. The van der Waals surface area contributed by atoms with E-state index in [0.29, 0.717) is 11.8 Å². The number of hydrogen-bond acceptors (Lipinski definition) is 6. The van der Waals surface area contributed by atoms with Crippen molar-refractivity contribution in [3.63, 3.8) is 0 Å². The smallest absolute Gasteiger partial charge is 0.349 e. The summed E-state index contributed by atoms with van der Waals surface area (Å²) in [5.41, 5.74) is 0.739. The molecule has 0 radical (unpaired) electrons. The maximum absolute atomic E-state index is 7.21. The Labute approximate surface area is 236 Å². The summed E-state index contributed by atoms with van der Waals surface area (Å²) in [7, 11) is -4.91. The van der Waals surface area contributed by atoms with E-state index in [1.807, 2.05) is 6.20 Å². The molecule has 7 nitrogen and oxygen atoms in total. The molecule has 2 aromatic heterocycles. The Morgan fingerprint density at radius 1 is 1.08 bits per heavy atom. The van der Waals surface area contributed by atoms with Crippen molar-refractivity contribution in [2.45, 2.75) is 115 Å². The number of nitrogens with zero attached hydrogens (tertiary/aromatic N) is 3. The largest absolute Gasteiger partial charge is 0.407 e.